The van der Waals surface area contributed by atoms with Crippen LogP contribution in [-0.2, 0) is 0 Å². The van der Waals surface area contributed by atoms with Crippen molar-refractivity contribution in [3.63, 3.8) is 0 Å². The van der Waals surface area contributed by atoms with E-state index in [9.17, 15) is 0 Å². The van der Waals surface area contributed by atoms with Gasteiger partial charge in [-0.25, -0.2) is 4.98 Å². The molecule has 0 aliphatic heterocycles. The van der Waals surface area contributed by atoms with Crippen LogP contribution in [0.5, 0.6) is 0 Å². The first-order valence-corrected chi connectivity index (χ1v) is 17.6. The molecule has 9 aromatic carbocycles. The van der Waals surface area contributed by atoms with Crippen molar-refractivity contribution in [1.82, 2.24) is 4.98 Å². The van der Waals surface area contributed by atoms with Crippen molar-refractivity contribution in [2.45, 2.75) is 0 Å². The number of oxazole rings is 1. The number of rotatable bonds is 6. The fraction of sp³-hybridized carbons (Fsp3) is 0. The predicted molar refractivity (Wildman–Crippen MR) is 218 cm³/mol. The molecule has 0 amide bonds. The largest absolute Gasteiger partial charge is 0.435 e. The van der Waals surface area contributed by atoms with Crippen molar-refractivity contribution in [2.24, 2.45) is 0 Å². The van der Waals surface area contributed by atoms with Gasteiger partial charge in [-0.05, 0) is 116 Å². The van der Waals surface area contributed by atoms with E-state index in [-0.39, 0.29) is 0 Å². The second-order valence-corrected chi connectivity index (χ2v) is 13.2. The zero-order valence-electron chi connectivity index (χ0n) is 28.3. The number of aromatic nitrogens is 1. The minimum atomic E-state index is 0.637. The standard InChI is InChI=1S/C49H32N2O/c1-3-11-36(12-4-1)49-50-47-29-28-45-44(16-9-17-46(45)48(47)52-49)39-21-19-35-24-27-43(32-40(35)31-39)51(41-14-5-2-6-15-41)42-25-22-34(23-26-42)38-20-18-33-10-7-8-13-37(33)30-38/h1-32H. The number of hydrogen-bond acceptors (Lipinski definition) is 3. The molecule has 1 heterocycles. The molecule has 0 aliphatic rings. The highest BCUT2D eigenvalue weighted by Gasteiger charge is 2.16. The number of para-hydroxylation sites is 1. The predicted octanol–water partition coefficient (Wildman–Crippen LogP) is 13.8. The Morgan fingerprint density at radius 3 is 1.83 bits per heavy atom. The number of hydrogen-bond donors (Lipinski definition) is 0. The first-order valence-electron chi connectivity index (χ1n) is 17.6. The molecule has 0 aliphatic carbocycles. The highest BCUT2D eigenvalue weighted by molar-refractivity contribution is 6.10. The maximum Gasteiger partial charge on any atom is 0.227 e. The van der Waals surface area contributed by atoms with Crippen molar-refractivity contribution >= 4 is 60.5 Å². The summed E-state index contributed by atoms with van der Waals surface area (Å²) in [4.78, 5) is 7.14. The fourth-order valence-electron chi connectivity index (χ4n) is 7.44. The van der Waals surface area contributed by atoms with Crippen LogP contribution in [-0.4, -0.2) is 4.98 Å². The van der Waals surface area contributed by atoms with Crippen molar-refractivity contribution < 1.29 is 4.42 Å². The van der Waals surface area contributed by atoms with Crippen molar-refractivity contribution in [2.75, 3.05) is 4.90 Å². The lowest BCUT2D eigenvalue weighted by Crippen LogP contribution is -2.09. The Labute approximate surface area is 301 Å². The Bertz CT molecular complexity index is 2890. The van der Waals surface area contributed by atoms with Gasteiger partial charge in [-0.15, -0.1) is 0 Å². The fourth-order valence-corrected chi connectivity index (χ4v) is 7.44. The van der Waals surface area contributed by atoms with Crippen LogP contribution < -0.4 is 4.90 Å². The maximum absolute atomic E-state index is 6.39. The van der Waals surface area contributed by atoms with Gasteiger partial charge < -0.3 is 9.32 Å². The number of fused-ring (bicyclic) bond motifs is 5. The van der Waals surface area contributed by atoms with Crippen LogP contribution in [0.4, 0.5) is 17.1 Å². The number of anilines is 3. The van der Waals surface area contributed by atoms with Gasteiger partial charge in [0.05, 0.1) is 0 Å². The van der Waals surface area contributed by atoms with Crippen LogP contribution in [0.15, 0.2) is 199 Å². The summed E-state index contributed by atoms with van der Waals surface area (Å²) in [5, 5.41) is 7.06. The second-order valence-electron chi connectivity index (χ2n) is 13.2. The van der Waals surface area contributed by atoms with Crippen LogP contribution in [0.2, 0.25) is 0 Å². The lowest BCUT2D eigenvalue weighted by molar-refractivity contribution is 0.623. The third-order valence-electron chi connectivity index (χ3n) is 10.0. The third-order valence-corrected chi connectivity index (χ3v) is 10.0. The molecule has 0 radical (unpaired) electrons. The average Bonchev–Trinajstić information content (AvgIpc) is 3.67. The molecule has 244 valence electrons. The van der Waals surface area contributed by atoms with Crippen LogP contribution in [0.3, 0.4) is 0 Å². The molecule has 10 aromatic rings. The summed E-state index contributed by atoms with van der Waals surface area (Å²) < 4.78 is 6.39. The number of benzene rings is 9. The molecule has 0 fully saturated rings. The zero-order chi connectivity index (χ0) is 34.4. The van der Waals surface area contributed by atoms with E-state index in [1.54, 1.807) is 0 Å². The van der Waals surface area contributed by atoms with Gasteiger partial charge in [0.15, 0.2) is 5.58 Å². The quantitative estimate of drug-likeness (QED) is 0.177. The molecule has 3 nitrogen and oxygen atoms in total. The highest BCUT2D eigenvalue weighted by Crippen LogP contribution is 2.40. The van der Waals surface area contributed by atoms with Gasteiger partial charge in [-0.1, -0.05) is 127 Å². The second kappa shape index (κ2) is 12.4. The normalized spacial score (nSPS) is 11.5. The van der Waals surface area contributed by atoms with Crippen LogP contribution in [0.1, 0.15) is 0 Å². The topological polar surface area (TPSA) is 29.3 Å². The van der Waals surface area contributed by atoms with Crippen LogP contribution in [0.25, 0.3) is 77.1 Å². The number of nitrogens with zero attached hydrogens (tertiary/aromatic N) is 2. The van der Waals surface area contributed by atoms with Crippen LogP contribution >= 0.6 is 0 Å². The minimum Gasteiger partial charge on any atom is -0.435 e. The van der Waals surface area contributed by atoms with Crippen molar-refractivity contribution in [3.8, 4) is 33.7 Å². The van der Waals surface area contributed by atoms with Gasteiger partial charge in [-0.2, -0.15) is 0 Å². The Morgan fingerprint density at radius 2 is 1.00 bits per heavy atom. The average molecular weight is 665 g/mol. The van der Waals surface area contributed by atoms with E-state index in [4.69, 9.17) is 9.40 Å². The van der Waals surface area contributed by atoms with E-state index in [1.165, 1.54) is 32.7 Å². The first-order chi connectivity index (χ1) is 25.7. The molecule has 0 spiro atoms. The summed E-state index contributed by atoms with van der Waals surface area (Å²) in [6.07, 6.45) is 0. The van der Waals surface area contributed by atoms with Gasteiger partial charge in [0.25, 0.3) is 0 Å². The Balaban J connectivity index is 1.04. The van der Waals surface area contributed by atoms with Gasteiger partial charge in [0, 0.05) is 28.0 Å². The van der Waals surface area contributed by atoms with Crippen molar-refractivity contribution in [1.29, 1.82) is 0 Å². The van der Waals surface area contributed by atoms with Gasteiger partial charge in [0.2, 0.25) is 5.89 Å². The molecule has 1 aromatic heterocycles. The lowest BCUT2D eigenvalue weighted by Gasteiger charge is -2.26. The molecule has 0 saturated heterocycles. The van der Waals surface area contributed by atoms with E-state index < -0.39 is 0 Å². The van der Waals surface area contributed by atoms with Crippen LogP contribution in [0, 0.1) is 0 Å². The van der Waals surface area contributed by atoms with E-state index in [2.05, 4.69) is 169 Å². The summed E-state index contributed by atoms with van der Waals surface area (Å²) in [6, 6.07) is 68.9. The molecular formula is C49H32N2O. The highest BCUT2D eigenvalue weighted by atomic mass is 16.3. The molecule has 0 N–H and O–H groups in total. The summed E-state index contributed by atoms with van der Waals surface area (Å²) in [7, 11) is 0. The zero-order valence-corrected chi connectivity index (χ0v) is 28.3. The van der Waals surface area contributed by atoms with Gasteiger partial charge in [0.1, 0.15) is 5.52 Å². The summed E-state index contributed by atoms with van der Waals surface area (Å²) in [6.45, 7) is 0. The van der Waals surface area contributed by atoms with E-state index >= 15 is 0 Å². The third kappa shape index (κ3) is 5.28. The molecule has 0 atom stereocenters. The lowest BCUT2D eigenvalue weighted by atomic mass is 9.95. The maximum atomic E-state index is 6.39. The Morgan fingerprint density at radius 1 is 0.365 bits per heavy atom. The van der Waals surface area contributed by atoms with Crippen molar-refractivity contribution in [3.05, 3.63) is 194 Å². The van der Waals surface area contributed by atoms with E-state index in [1.807, 2.05) is 30.3 Å². The van der Waals surface area contributed by atoms with E-state index in [0.717, 1.165) is 55.6 Å². The summed E-state index contributed by atoms with van der Waals surface area (Å²) in [5.74, 6) is 0.637. The monoisotopic (exact) mass is 664 g/mol. The smallest absolute Gasteiger partial charge is 0.227 e. The molecule has 3 heteroatoms. The Kier molecular flexibility index (Phi) is 7.14. The molecule has 0 bridgehead atoms. The van der Waals surface area contributed by atoms with Gasteiger partial charge in [-0.3, -0.25) is 0 Å². The molecule has 0 saturated carbocycles. The van der Waals surface area contributed by atoms with Gasteiger partial charge >= 0.3 is 0 Å². The summed E-state index contributed by atoms with van der Waals surface area (Å²) in [5.41, 5.74) is 10.7. The molecule has 0 unspecified atom stereocenters. The first kappa shape index (κ1) is 29.9. The molecule has 10 rings (SSSR count). The molecule has 52 heavy (non-hydrogen) atoms. The van der Waals surface area contributed by atoms with E-state index in [0.29, 0.717) is 5.89 Å². The summed E-state index contributed by atoms with van der Waals surface area (Å²) >= 11 is 0. The molecular weight excluding hydrogens is 633 g/mol. The minimum absolute atomic E-state index is 0.637. The Hall–Kier alpha value is -6.97. The SMILES string of the molecule is c1ccc(-c2nc3ccc4c(-c5ccc6ccc(N(c7ccccc7)c7ccc(-c8ccc9ccccc9c8)cc7)cc6c5)cccc4c3o2)cc1.